The molecule has 0 saturated heterocycles. The van der Waals surface area contributed by atoms with Crippen molar-refractivity contribution in [2.75, 3.05) is 7.11 Å². The molecule has 0 heterocycles. The molecule has 2 nitrogen and oxygen atoms in total. The molecule has 14 heavy (non-hydrogen) atoms. The SMILES string of the molecule is COC(=O)C(Br)C(Br)c1ccccc1. The third kappa shape index (κ3) is 2.82. The van der Waals surface area contributed by atoms with E-state index in [9.17, 15) is 4.79 Å². The Balaban J connectivity index is 2.75. The summed E-state index contributed by atoms with van der Waals surface area (Å²) in [5.41, 5.74) is 1.04. The molecular weight excluding hydrogens is 312 g/mol. The highest BCUT2D eigenvalue weighted by Gasteiger charge is 2.25. The van der Waals surface area contributed by atoms with Gasteiger partial charge in [0.05, 0.1) is 11.9 Å². The van der Waals surface area contributed by atoms with Gasteiger partial charge in [-0.2, -0.15) is 0 Å². The normalized spacial score (nSPS) is 14.5. The van der Waals surface area contributed by atoms with Gasteiger partial charge in [-0.25, -0.2) is 0 Å². The van der Waals surface area contributed by atoms with E-state index in [0.717, 1.165) is 5.56 Å². The van der Waals surface area contributed by atoms with Crippen molar-refractivity contribution < 1.29 is 9.53 Å². The Morgan fingerprint density at radius 1 is 1.29 bits per heavy atom. The van der Waals surface area contributed by atoms with Crippen LogP contribution < -0.4 is 0 Å². The minimum Gasteiger partial charge on any atom is -0.468 e. The number of esters is 1. The number of carbonyl (C=O) groups is 1. The second-order valence-electron chi connectivity index (χ2n) is 2.74. The largest absolute Gasteiger partial charge is 0.468 e. The molecule has 0 aliphatic heterocycles. The first-order valence-electron chi connectivity index (χ1n) is 4.07. The Hall–Kier alpha value is -0.350. The number of methoxy groups -OCH3 is 1. The molecule has 0 spiro atoms. The van der Waals surface area contributed by atoms with E-state index in [1.54, 1.807) is 0 Å². The molecule has 0 fully saturated rings. The van der Waals surface area contributed by atoms with Crippen molar-refractivity contribution in [3.63, 3.8) is 0 Å². The van der Waals surface area contributed by atoms with Crippen LogP contribution in [0.1, 0.15) is 10.4 Å². The molecule has 0 aliphatic carbocycles. The quantitative estimate of drug-likeness (QED) is 0.632. The molecule has 0 saturated carbocycles. The van der Waals surface area contributed by atoms with Gasteiger partial charge >= 0.3 is 5.97 Å². The summed E-state index contributed by atoms with van der Waals surface area (Å²) in [6, 6.07) is 9.71. The van der Waals surface area contributed by atoms with Gasteiger partial charge in [-0.3, -0.25) is 4.79 Å². The molecule has 2 atom stereocenters. The Labute approximate surface area is 99.9 Å². The molecule has 0 aliphatic rings. The number of carbonyl (C=O) groups excluding carboxylic acids is 1. The molecule has 0 radical (unpaired) electrons. The van der Waals surface area contributed by atoms with Crippen molar-refractivity contribution in [1.29, 1.82) is 0 Å². The van der Waals surface area contributed by atoms with E-state index in [-0.39, 0.29) is 15.6 Å². The second kappa shape index (κ2) is 5.51. The first-order chi connectivity index (χ1) is 6.66. The predicted octanol–water partition coefficient (Wildman–Crippen LogP) is 3.06. The number of benzene rings is 1. The number of rotatable bonds is 3. The standard InChI is InChI=1S/C10H10Br2O2/c1-14-10(13)9(12)8(11)7-5-3-2-4-6-7/h2-6,8-9H,1H3. The fourth-order valence-corrected chi connectivity index (χ4v) is 2.05. The second-order valence-corrected chi connectivity index (χ2v) is 4.71. The molecule has 0 bridgehead atoms. The van der Waals surface area contributed by atoms with Gasteiger partial charge in [-0.1, -0.05) is 62.2 Å². The average molecular weight is 322 g/mol. The van der Waals surface area contributed by atoms with E-state index in [0.29, 0.717) is 0 Å². The first-order valence-corrected chi connectivity index (χ1v) is 5.91. The molecule has 76 valence electrons. The van der Waals surface area contributed by atoms with Crippen molar-refractivity contribution in [2.45, 2.75) is 9.65 Å². The molecular formula is C10H10Br2O2. The summed E-state index contributed by atoms with van der Waals surface area (Å²) in [6.07, 6.45) is 0. The number of ether oxygens (including phenoxy) is 1. The van der Waals surface area contributed by atoms with Gasteiger partial charge in [-0.05, 0) is 5.56 Å². The lowest BCUT2D eigenvalue weighted by Crippen LogP contribution is -2.20. The van der Waals surface area contributed by atoms with Crippen molar-refractivity contribution in [3.05, 3.63) is 35.9 Å². The fraction of sp³-hybridized carbons (Fsp3) is 0.300. The molecule has 0 amide bonds. The van der Waals surface area contributed by atoms with E-state index in [2.05, 4.69) is 36.6 Å². The van der Waals surface area contributed by atoms with Crippen molar-refractivity contribution in [3.8, 4) is 0 Å². The van der Waals surface area contributed by atoms with E-state index in [4.69, 9.17) is 0 Å². The highest BCUT2D eigenvalue weighted by molar-refractivity contribution is 9.12. The summed E-state index contributed by atoms with van der Waals surface area (Å²) < 4.78 is 4.64. The Kier molecular flexibility index (Phi) is 4.62. The molecule has 1 aromatic carbocycles. The van der Waals surface area contributed by atoms with Crippen LogP contribution in [0, 0.1) is 0 Å². The molecule has 2 unspecified atom stereocenters. The Bertz CT molecular complexity index is 300. The van der Waals surface area contributed by atoms with Crippen molar-refractivity contribution in [2.24, 2.45) is 0 Å². The van der Waals surface area contributed by atoms with Gasteiger partial charge in [0.1, 0.15) is 4.83 Å². The highest BCUT2D eigenvalue weighted by atomic mass is 79.9. The van der Waals surface area contributed by atoms with Crippen LogP contribution in [0.15, 0.2) is 30.3 Å². The van der Waals surface area contributed by atoms with Crippen LogP contribution in [0.5, 0.6) is 0 Å². The number of halogens is 2. The summed E-state index contributed by atoms with van der Waals surface area (Å²) in [4.78, 5) is 10.8. The maximum Gasteiger partial charge on any atom is 0.320 e. The molecule has 1 aromatic rings. The first kappa shape index (κ1) is 11.7. The van der Waals surface area contributed by atoms with E-state index in [1.165, 1.54) is 7.11 Å². The molecule has 1 rings (SSSR count). The van der Waals surface area contributed by atoms with E-state index < -0.39 is 0 Å². The van der Waals surface area contributed by atoms with Gasteiger partial charge in [0.2, 0.25) is 0 Å². The maximum atomic E-state index is 11.2. The smallest absolute Gasteiger partial charge is 0.320 e. The van der Waals surface area contributed by atoms with Crippen LogP contribution >= 0.6 is 31.9 Å². The minimum atomic E-state index is -0.366. The van der Waals surface area contributed by atoms with Crippen molar-refractivity contribution in [1.82, 2.24) is 0 Å². The van der Waals surface area contributed by atoms with Crippen LogP contribution in [0.4, 0.5) is 0 Å². The molecule has 0 aromatic heterocycles. The topological polar surface area (TPSA) is 26.3 Å². The van der Waals surface area contributed by atoms with Gasteiger partial charge in [-0.15, -0.1) is 0 Å². The molecule has 0 N–H and O–H groups in total. The summed E-state index contributed by atoms with van der Waals surface area (Å²) >= 11 is 6.73. The van der Waals surface area contributed by atoms with Crippen LogP contribution in [-0.4, -0.2) is 17.9 Å². The zero-order valence-electron chi connectivity index (χ0n) is 7.61. The third-order valence-corrected chi connectivity index (χ3v) is 4.47. The zero-order chi connectivity index (χ0) is 10.6. The maximum absolute atomic E-state index is 11.2. The predicted molar refractivity (Wildman–Crippen MR) is 62.8 cm³/mol. The highest BCUT2D eigenvalue weighted by Crippen LogP contribution is 2.31. The summed E-state index contributed by atoms with van der Waals surface area (Å²) in [6.45, 7) is 0. The lowest BCUT2D eigenvalue weighted by Gasteiger charge is -2.14. The van der Waals surface area contributed by atoms with Gasteiger partial charge in [0.25, 0.3) is 0 Å². The monoisotopic (exact) mass is 320 g/mol. The van der Waals surface area contributed by atoms with Crippen molar-refractivity contribution >= 4 is 37.8 Å². The third-order valence-electron chi connectivity index (χ3n) is 1.80. The lowest BCUT2D eigenvalue weighted by molar-refractivity contribution is -0.139. The fourth-order valence-electron chi connectivity index (χ4n) is 1.04. The zero-order valence-corrected chi connectivity index (χ0v) is 10.8. The Morgan fingerprint density at radius 3 is 2.36 bits per heavy atom. The van der Waals surface area contributed by atoms with Gasteiger partial charge in [0.15, 0.2) is 0 Å². The molecule has 4 heteroatoms. The number of alkyl halides is 2. The van der Waals surface area contributed by atoms with Gasteiger partial charge < -0.3 is 4.74 Å². The van der Waals surface area contributed by atoms with Crippen LogP contribution in [0.25, 0.3) is 0 Å². The van der Waals surface area contributed by atoms with E-state index >= 15 is 0 Å². The lowest BCUT2D eigenvalue weighted by atomic mass is 10.1. The minimum absolute atomic E-state index is 0.0730. The Morgan fingerprint density at radius 2 is 1.86 bits per heavy atom. The number of hydrogen-bond acceptors (Lipinski definition) is 2. The number of hydrogen-bond donors (Lipinski definition) is 0. The summed E-state index contributed by atoms with van der Waals surface area (Å²) in [7, 11) is 1.38. The average Bonchev–Trinajstić information content (AvgIpc) is 2.27. The van der Waals surface area contributed by atoms with Crippen LogP contribution in [-0.2, 0) is 9.53 Å². The van der Waals surface area contributed by atoms with Crippen LogP contribution in [0.3, 0.4) is 0 Å². The summed E-state index contributed by atoms with van der Waals surface area (Å²) in [5.74, 6) is -0.282. The van der Waals surface area contributed by atoms with Crippen LogP contribution in [0.2, 0.25) is 0 Å². The summed E-state index contributed by atoms with van der Waals surface area (Å²) in [5, 5.41) is 0. The van der Waals surface area contributed by atoms with E-state index in [1.807, 2.05) is 30.3 Å². The van der Waals surface area contributed by atoms with Gasteiger partial charge in [0, 0.05) is 0 Å².